The highest BCUT2D eigenvalue weighted by Crippen LogP contribution is 2.63. The molecule has 59 heavy (non-hydrogen) atoms. The van der Waals surface area contributed by atoms with Crippen LogP contribution < -0.4 is 4.90 Å². The Hall–Kier alpha value is -7.34. The number of hydrogen-bond donors (Lipinski definition) is 0. The third kappa shape index (κ3) is 5.28. The second-order valence-corrected chi connectivity index (χ2v) is 15.9. The molecule has 0 saturated carbocycles. The van der Waals surface area contributed by atoms with E-state index in [1.165, 1.54) is 55.6 Å². The number of allylic oxidation sites excluding steroid dienone is 5. The maximum Gasteiger partial charge on any atom is 0.0726 e. The summed E-state index contributed by atoms with van der Waals surface area (Å²) in [5.74, 6) is 3.14. The molecule has 8 aromatic rings. The van der Waals surface area contributed by atoms with Gasteiger partial charge in [-0.05, 0) is 112 Å². The Labute approximate surface area is 346 Å². The van der Waals surface area contributed by atoms with Crippen molar-refractivity contribution in [2.75, 3.05) is 4.90 Å². The highest BCUT2D eigenvalue weighted by Gasteiger charge is 2.51. The summed E-state index contributed by atoms with van der Waals surface area (Å²) < 4.78 is 2.47. The molecule has 11 rings (SSSR count). The highest BCUT2D eigenvalue weighted by molar-refractivity contribution is 5.96. The molecule has 1 atom stereocenters. The number of aromatic nitrogens is 1. The zero-order chi connectivity index (χ0) is 39.5. The quantitative estimate of drug-likeness (QED) is 0.154. The molecular weight excluding hydrogens is 713 g/mol. The minimum Gasteiger partial charge on any atom is -0.333 e. The van der Waals surface area contributed by atoms with Crippen LogP contribution in [0.5, 0.6) is 0 Å². The van der Waals surface area contributed by atoms with Gasteiger partial charge in [0, 0.05) is 22.5 Å². The fraction of sp³-hybridized carbons (Fsp3) is 0.0877. The Morgan fingerprint density at radius 3 is 1.88 bits per heavy atom. The number of benzene rings is 7. The molecule has 1 unspecified atom stereocenters. The first-order valence-corrected chi connectivity index (χ1v) is 20.7. The van der Waals surface area contributed by atoms with E-state index >= 15 is 0 Å². The minimum atomic E-state index is -0.446. The van der Waals surface area contributed by atoms with Crippen molar-refractivity contribution in [3.8, 4) is 45.7 Å². The average molecular weight is 755 g/mol. The van der Waals surface area contributed by atoms with Gasteiger partial charge in [-0.15, -0.1) is 6.42 Å². The second-order valence-electron chi connectivity index (χ2n) is 15.9. The normalized spacial score (nSPS) is 15.7. The summed E-state index contributed by atoms with van der Waals surface area (Å²) in [5.41, 5.74) is 18.8. The van der Waals surface area contributed by atoms with Crippen LogP contribution in [0.3, 0.4) is 0 Å². The van der Waals surface area contributed by atoms with Gasteiger partial charge in [-0.3, -0.25) is 0 Å². The SMILES string of the molecule is C#Cc1c(/C=C(\C)N(c2ccc(-c3ccccc3)cc2)c2ccc3c(c2)C2(c4ccccc4-c4ccccc42)c2ccccc2-3)n(C2C=CC=CCC2)c2ccccc12. The molecule has 0 bridgehead atoms. The van der Waals surface area contributed by atoms with Crippen molar-refractivity contribution < 1.29 is 0 Å². The number of rotatable bonds is 6. The van der Waals surface area contributed by atoms with E-state index in [4.69, 9.17) is 6.42 Å². The molecule has 2 heteroatoms. The molecule has 0 saturated heterocycles. The van der Waals surface area contributed by atoms with E-state index in [0.29, 0.717) is 0 Å². The fourth-order valence-corrected chi connectivity index (χ4v) is 10.4. The third-order valence-electron chi connectivity index (χ3n) is 12.8. The van der Waals surface area contributed by atoms with Crippen molar-refractivity contribution in [1.82, 2.24) is 4.57 Å². The first-order chi connectivity index (χ1) is 29.2. The Morgan fingerprint density at radius 2 is 1.20 bits per heavy atom. The van der Waals surface area contributed by atoms with Crippen molar-refractivity contribution in [3.05, 3.63) is 233 Å². The summed E-state index contributed by atoms with van der Waals surface area (Å²) in [6, 6.07) is 62.5. The molecule has 0 fully saturated rings. The minimum absolute atomic E-state index is 0.163. The molecule has 3 aliphatic carbocycles. The molecular formula is C57H42N2. The summed E-state index contributed by atoms with van der Waals surface area (Å²) in [7, 11) is 0. The summed E-state index contributed by atoms with van der Waals surface area (Å²) in [5, 5.41) is 1.11. The smallest absolute Gasteiger partial charge is 0.0726 e. The van der Waals surface area contributed by atoms with Crippen LogP contribution in [0.25, 0.3) is 50.4 Å². The number of hydrogen-bond acceptors (Lipinski definition) is 1. The zero-order valence-electron chi connectivity index (χ0n) is 33.0. The van der Waals surface area contributed by atoms with E-state index in [2.05, 4.69) is 223 Å². The van der Waals surface area contributed by atoms with Crippen LogP contribution >= 0.6 is 0 Å². The van der Waals surface area contributed by atoms with Crippen LogP contribution in [0.4, 0.5) is 11.4 Å². The topological polar surface area (TPSA) is 8.17 Å². The van der Waals surface area contributed by atoms with Gasteiger partial charge in [0.2, 0.25) is 0 Å². The van der Waals surface area contributed by atoms with Gasteiger partial charge in [0.1, 0.15) is 0 Å². The van der Waals surface area contributed by atoms with Crippen molar-refractivity contribution in [3.63, 3.8) is 0 Å². The van der Waals surface area contributed by atoms with Crippen LogP contribution in [0.2, 0.25) is 0 Å². The Morgan fingerprint density at radius 1 is 0.627 bits per heavy atom. The summed E-state index contributed by atoms with van der Waals surface area (Å²) in [4.78, 5) is 2.42. The highest BCUT2D eigenvalue weighted by atomic mass is 15.1. The molecule has 0 radical (unpaired) electrons. The standard InChI is InChI=1S/C57H42N2/c1-3-45-50-26-14-18-30-55(50)59(42-21-9-4-5-10-22-42)56(45)37-39(2)58(43-33-31-41(32-34-43)40-19-7-6-8-20-40)44-35-36-49-48-25-13-17-29-53(48)57(54(49)38-44)51-27-15-11-23-46(51)47-24-12-16-28-52(47)57/h1,4-9,11-21,23-38,42H,10,22H2,2H3/b39-37+. The monoisotopic (exact) mass is 754 g/mol. The predicted molar refractivity (Wildman–Crippen MR) is 247 cm³/mol. The molecule has 0 N–H and O–H groups in total. The summed E-state index contributed by atoms with van der Waals surface area (Å²) >= 11 is 0. The van der Waals surface area contributed by atoms with Crippen molar-refractivity contribution >= 4 is 28.4 Å². The molecule has 280 valence electrons. The van der Waals surface area contributed by atoms with Gasteiger partial charge < -0.3 is 9.47 Å². The van der Waals surface area contributed by atoms with Crippen LogP contribution in [-0.4, -0.2) is 4.57 Å². The lowest BCUT2D eigenvalue weighted by Gasteiger charge is -2.32. The number of para-hydroxylation sites is 1. The van der Waals surface area contributed by atoms with Crippen molar-refractivity contribution in [2.24, 2.45) is 0 Å². The average Bonchev–Trinajstić information content (AvgIpc) is 3.76. The predicted octanol–water partition coefficient (Wildman–Crippen LogP) is 14.3. The van der Waals surface area contributed by atoms with E-state index in [9.17, 15) is 0 Å². The fourth-order valence-electron chi connectivity index (χ4n) is 10.4. The second kappa shape index (κ2) is 13.9. The van der Waals surface area contributed by atoms with E-state index in [1.807, 2.05) is 0 Å². The van der Waals surface area contributed by atoms with Crippen molar-refractivity contribution in [1.29, 1.82) is 0 Å². The molecule has 7 aromatic carbocycles. The van der Waals surface area contributed by atoms with Gasteiger partial charge >= 0.3 is 0 Å². The maximum atomic E-state index is 6.45. The van der Waals surface area contributed by atoms with Crippen LogP contribution in [0.1, 0.15) is 59.3 Å². The third-order valence-corrected chi connectivity index (χ3v) is 12.8. The van der Waals surface area contributed by atoms with Gasteiger partial charge in [0.25, 0.3) is 0 Å². The van der Waals surface area contributed by atoms with Gasteiger partial charge in [-0.2, -0.15) is 0 Å². The van der Waals surface area contributed by atoms with Crippen LogP contribution in [0.15, 0.2) is 200 Å². The van der Waals surface area contributed by atoms with Crippen LogP contribution in [0, 0.1) is 12.3 Å². The summed E-state index contributed by atoms with van der Waals surface area (Å²) in [6.45, 7) is 2.23. The lowest BCUT2D eigenvalue weighted by Crippen LogP contribution is -2.26. The van der Waals surface area contributed by atoms with Gasteiger partial charge in [0.15, 0.2) is 0 Å². The molecule has 1 heterocycles. The molecule has 0 aliphatic heterocycles. The number of nitrogens with zero attached hydrogens (tertiary/aromatic N) is 2. The van der Waals surface area contributed by atoms with E-state index in [1.54, 1.807) is 0 Å². The van der Waals surface area contributed by atoms with Gasteiger partial charge in [0.05, 0.1) is 28.2 Å². The lowest BCUT2D eigenvalue weighted by atomic mass is 9.70. The first kappa shape index (κ1) is 34.9. The molecule has 0 amide bonds. The molecule has 2 nitrogen and oxygen atoms in total. The van der Waals surface area contributed by atoms with Gasteiger partial charge in [-0.1, -0.05) is 170 Å². The number of terminal acetylenes is 1. The Balaban J connectivity index is 1.15. The Bertz CT molecular complexity index is 3010. The molecule has 1 aromatic heterocycles. The van der Waals surface area contributed by atoms with Gasteiger partial charge in [-0.25, -0.2) is 0 Å². The molecule has 3 aliphatic rings. The number of fused-ring (bicyclic) bond motifs is 11. The van der Waals surface area contributed by atoms with E-state index in [-0.39, 0.29) is 6.04 Å². The zero-order valence-corrected chi connectivity index (χ0v) is 33.0. The lowest BCUT2D eigenvalue weighted by molar-refractivity contribution is 0.579. The maximum absolute atomic E-state index is 6.45. The largest absolute Gasteiger partial charge is 0.333 e. The number of anilines is 2. The van der Waals surface area contributed by atoms with Crippen molar-refractivity contribution in [2.45, 2.75) is 31.2 Å². The van der Waals surface area contributed by atoms with E-state index < -0.39 is 5.41 Å². The van der Waals surface area contributed by atoms with Crippen LogP contribution in [-0.2, 0) is 5.41 Å². The Kier molecular flexibility index (Phi) is 8.24. The summed E-state index contributed by atoms with van der Waals surface area (Å²) in [6.07, 6.45) is 19.7. The van der Waals surface area contributed by atoms with E-state index in [0.717, 1.165) is 52.1 Å². The molecule has 1 spiro atoms. The first-order valence-electron chi connectivity index (χ1n) is 20.7.